The van der Waals surface area contributed by atoms with Gasteiger partial charge in [0.15, 0.2) is 11.5 Å². The summed E-state index contributed by atoms with van der Waals surface area (Å²) in [5.74, 6) is 0.695. The lowest BCUT2D eigenvalue weighted by Gasteiger charge is -2.20. The zero-order valence-corrected chi connectivity index (χ0v) is 14.8. The third kappa shape index (κ3) is 4.32. The molecule has 0 saturated carbocycles. The van der Waals surface area contributed by atoms with Crippen molar-refractivity contribution in [2.45, 2.75) is 24.8 Å². The molecule has 21 heavy (non-hydrogen) atoms. The van der Waals surface area contributed by atoms with Gasteiger partial charge in [-0.1, -0.05) is 13.8 Å². The molecule has 0 aliphatic heterocycles. The first kappa shape index (κ1) is 18.2. The van der Waals surface area contributed by atoms with Crippen LogP contribution >= 0.6 is 15.9 Å². The van der Waals surface area contributed by atoms with E-state index in [4.69, 9.17) is 9.47 Å². The minimum atomic E-state index is -3.80. The number of benzene rings is 1. The molecule has 1 aromatic carbocycles. The van der Waals surface area contributed by atoms with Crippen molar-refractivity contribution in [3.05, 3.63) is 16.6 Å². The van der Waals surface area contributed by atoms with E-state index in [1.807, 2.05) is 13.8 Å². The Morgan fingerprint density at radius 3 is 2.19 bits per heavy atom. The highest BCUT2D eigenvalue weighted by atomic mass is 79.9. The van der Waals surface area contributed by atoms with Gasteiger partial charge in [0.2, 0.25) is 10.0 Å². The molecule has 0 aliphatic carbocycles. The molecule has 1 atom stereocenters. The highest BCUT2D eigenvalue weighted by molar-refractivity contribution is 9.10. The molecule has 1 rings (SSSR count). The minimum Gasteiger partial charge on any atom is -0.493 e. The van der Waals surface area contributed by atoms with Gasteiger partial charge >= 0.3 is 0 Å². The quantitative estimate of drug-likeness (QED) is 0.751. The van der Waals surface area contributed by atoms with E-state index in [1.54, 1.807) is 0 Å². The zero-order valence-electron chi connectivity index (χ0n) is 12.4. The van der Waals surface area contributed by atoms with Crippen LogP contribution in [0.25, 0.3) is 0 Å². The maximum Gasteiger partial charge on any atom is 0.242 e. The molecule has 0 saturated heterocycles. The van der Waals surface area contributed by atoms with Crippen LogP contribution in [0.15, 0.2) is 21.5 Å². The standard InChI is InChI=1S/C13H20BrNO5S/c1-8(2)10(7-16)15-21(17,18)13-6-12(20-4)11(19-3)5-9(13)14/h5-6,8,10,15-16H,7H2,1-4H3. The van der Waals surface area contributed by atoms with E-state index in [0.717, 1.165) is 0 Å². The highest BCUT2D eigenvalue weighted by Gasteiger charge is 2.25. The minimum absolute atomic E-state index is 0.0271. The molecule has 0 radical (unpaired) electrons. The van der Waals surface area contributed by atoms with Crippen LogP contribution in [-0.2, 0) is 10.0 Å². The molecular formula is C13H20BrNO5S. The SMILES string of the molecule is COc1cc(Br)c(S(=O)(=O)NC(CO)C(C)C)cc1OC. The number of rotatable bonds is 7. The number of ether oxygens (including phenoxy) is 2. The average Bonchev–Trinajstić information content (AvgIpc) is 2.43. The first-order valence-corrected chi connectivity index (χ1v) is 8.59. The predicted octanol–water partition coefficient (Wildman–Crippen LogP) is 1.76. The Kier molecular flexibility index (Phi) is 6.45. The van der Waals surface area contributed by atoms with E-state index in [1.165, 1.54) is 26.4 Å². The fourth-order valence-electron chi connectivity index (χ4n) is 1.69. The number of sulfonamides is 1. The van der Waals surface area contributed by atoms with Crippen molar-refractivity contribution < 1.29 is 23.0 Å². The summed E-state index contributed by atoms with van der Waals surface area (Å²) in [7, 11) is -0.897. The van der Waals surface area contributed by atoms with Crippen molar-refractivity contribution in [2.24, 2.45) is 5.92 Å². The summed E-state index contributed by atoms with van der Waals surface area (Å²) >= 11 is 3.22. The van der Waals surface area contributed by atoms with E-state index in [0.29, 0.717) is 16.0 Å². The van der Waals surface area contributed by atoms with Gasteiger partial charge in [0, 0.05) is 16.6 Å². The second-order valence-corrected chi connectivity index (χ2v) is 7.33. The lowest BCUT2D eigenvalue weighted by molar-refractivity contribution is 0.227. The molecule has 0 aliphatic rings. The number of hydrogen-bond donors (Lipinski definition) is 2. The van der Waals surface area contributed by atoms with Gasteiger partial charge in [0.05, 0.1) is 20.8 Å². The van der Waals surface area contributed by atoms with Gasteiger partial charge in [0.25, 0.3) is 0 Å². The summed E-state index contributed by atoms with van der Waals surface area (Å²) in [6, 6.07) is 2.34. The first-order valence-electron chi connectivity index (χ1n) is 6.31. The van der Waals surface area contributed by atoms with Gasteiger partial charge in [-0.15, -0.1) is 0 Å². The molecule has 0 spiro atoms. The fraction of sp³-hybridized carbons (Fsp3) is 0.538. The Balaban J connectivity index is 3.25. The molecule has 8 heteroatoms. The van der Waals surface area contributed by atoms with Gasteiger partial charge in [-0.3, -0.25) is 0 Å². The summed E-state index contributed by atoms with van der Waals surface area (Å²) in [5.41, 5.74) is 0. The number of aliphatic hydroxyl groups is 1. The van der Waals surface area contributed by atoms with Crippen LogP contribution < -0.4 is 14.2 Å². The van der Waals surface area contributed by atoms with Crippen molar-refractivity contribution in [1.29, 1.82) is 0 Å². The molecule has 0 bridgehead atoms. The summed E-state index contributed by atoms with van der Waals surface area (Å²) in [5, 5.41) is 9.28. The van der Waals surface area contributed by atoms with Gasteiger partial charge in [-0.05, 0) is 27.9 Å². The monoisotopic (exact) mass is 381 g/mol. The third-order valence-electron chi connectivity index (χ3n) is 3.04. The van der Waals surface area contributed by atoms with Crippen LogP contribution in [0.3, 0.4) is 0 Å². The Morgan fingerprint density at radius 2 is 1.76 bits per heavy atom. The summed E-state index contributed by atoms with van der Waals surface area (Å²) in [4.78, 5) is 0.0271. The Morgan fingerprint density at radius 1 is 1.24 bits per heavy atom. The van der Waals surface area contributed by atoms with Crippen molar-refractivity contribution in [3.8, 4) is 11.5 Å². The van der Waals surface area contributed by atoms with Gasteiger partial charge in [-0.2, -0.15) is 0 Å². The van der Waals surface area contributed by atoms with Crippen LogP contribution in [-0.4, -0.2) is 40.4 Å². The second-order valence-electron chi connectivity index (χ2n) is 4.79. The lowest BCUT2D eigenvalue weighted by Crippen LogP contribution is -2.41. The van der Waals surface area contributed by atoms with E-state index in [9.17, 15) is 13.5 Å². The molecule has 0 amide bonds. The van der Waals surface area contributed by atoms with E-state index in [2.05, 4.69) is 20.7 Å². The molecule has 120 valence electrons. The molecular weight excluding hydrogens is 362 g/mol. The average molecular weight is 382 g/mol. The Hall–Kier alpha value is -0.830. The fourth-order valence-corrected chi connectivity index (χ4v) is 4.10. The van der Waals surface area contributed by atoms with Crippen LogP contribution in [0.4, 0.5) is 0 Å². The van der Waals surface area contributed by atoms with E-state index < -0.39 is 16.1 Å². The molecule has 0 aromatic heterocycles. The summed E-state index contributed by atoms with van der Waals surface area (Å²) in [6.45, 7) is 3.38. The highest BCUT2D eigenvalue weighted by Crippen LogP contribution is 2.35. The molecule has 0 fully saturated rings. The van der Waals surface area contributed by atoms with E-state index in [-0.39, 0.29) is 17.4 Å². The van der Waals surface area contributed by atoms with Gasteiger partial charge in [0.1, 0.15) is 4.90 Å². The maximum atomic E-state index is 12.4. The second kappa shape index (κ2) is 7.44. The lowest BCUT2D eigenvalue weighted by atomic mass is 10.1. The smallest absolute Gasteiger partial charge is 0.242 e. The van der Waals surface area contributed by atoms with Crippen molar-refractivity contribution in [3.63, 3.8) is 0 Å². The number of halogens is 1. The largest absolute Gasteiger partial charge is 0.493 e. The summed E-state index contributed by atoms with van der Waals surface area (Å²) in [6.07, 6.45) is 0. The Labute approximate surface area is 133 Å². The van der Waals surface area contributed by atoms with Crippen LogP contribution in [0.1, 0.15) is 13.8 Å². The molecule has 1 unspecified atom stereocenters. The topological polar surface area (TPSA) is 84.9 Å². The predicted molar refractivity (Wildman–Crippen MR) is 83.3 cm³/mol. The molecule has 1 aromatic rings. The Bertz CT molecular complexity index is 588. The summed E-state index contributed by atoms with van der Waals surface area (Å²) < 4.78 is 38.0. The van der Waals surface area contributed by atoms with Crippen LogP contribution in [0, 0.1) is 5.92 Å². The van der Waals surface area contributed by atoms with Crippen molar-refractivity contribution >= 4 is 26.0 Å². The van der Waals surface area contributed by atoms with Crippen LogP contribution in [0.2, 0.25) is 0 Å². The molecule has 6 nitrogen and oxygen atoms in total. The van der Waals surface area contributed by atoms with Gasteiger partial charge < -0.3 is 14.6 Å². The number of hydrogen-bond acceptors (Lipinski definition) is 5. The third-order valence-corrected chi connectivity index (χ3v) is 5.48. The van der Waals surface area contributed by atoms with Crippen molar-refractivity contribution in [1.82, 2.24) is 4.72 Å². The number of nitrogens with one attached hydrogen (secondary N) is 1. The first-order chi connectivity index (χ1) is 9.76. The zero-order chi connectivity index (χ0) is 16.2. The normalized spacial score (nSPS) is 13.3. The van der Waals surface area contributed by atoms with Gasteiger partial charge in [-0.25, -0.2) is 13.1 Å². The molecule has 2 N–H and O–H groups in total. The number of aliphatic hydroxyl groups excluding tert-OH is 1. The van der Waals surface area contributed by atoms with E-state index >= 15 is 0 Å². The van der Waals surface area contributed by atoms with Crippen LogP contribution in [0.5, 0.6) is 11.5 Å². The maximum absolute atomic E-state index is 12.4. The van der Waals surface area contributed by atoms with Crippen molar-refractivity contribution in [2.75, 3.05) is 20.8 Å². The molecule has 0 heterocycles. The number of methoxy groups -OCH3 is 2.